The largest absolute Gasteiger partial charge is 0.525 e. The Balaban J connectivity index is 5.60. The smallest absolute Gasteiger partial charge is 0.223 e. The van der Waals surface area contributed by atoms with Gasteiger partial charge in [0, 0.05) is 39.3 Å². The lowest BCUT2D eigenvalue weighted by atomic mass is 10.3. The summed E-state index contributed by atoms with van der Waals surface area (Å²) in [7, 11) is -3.85. The number of hydrogen-bond acceptors (Lipinski definition) is 7. The number of hydroxylamine groups is 6. The van der Waals surface area contributed by atoms with Crippen LogP contribution in [0.4, 0.5) is 0 Å². The van der Waals surface area contributed by atoms with Crippen LogP contribution < -0.4 is 0 Å². The van der Waals surface area contributed by atoms with E-state index in [4.69, 9.17) is 13.9 Å². The molecule has 0 N–H and O–H groups in total. The van der Waals surface area contributed by atoms with E-state index in [2.05, 4.69) is 41.5 Å². The molecule has 0 rings (SSSR count). The van der Waals surface area contributed by atoms with Gasteiger partial charge in [0.2, 0.25) is 0 Å². The standard InChI is InChI=1S/C24H54N3O4P/c1-7-13-19-25(20-14-8-2)29-32(28,30-26(21-15-9-3)22-16-10-4)31-27(23-17-11-5)24-18-12-6/h7-24H2,1-6H3. The highest BCUT2D eigenvalue weighted by Gasteiger charge is 2.36. The Morgan fingerprint density at radius 3 is 0.781 bits per heavy atom. The van der Waals surface area contributed by atoms with Crippen molar-refractivity contribution in [2.75, 3.05) is 39.3 Å². The van der Waals surface area contributed by atoms with Crippen LogP contribution in [-0.4, -0.2) is 54.5 Å². The van der Waals surface area contributed by atoms with Crippen LogP contribution in [0, 0.1) is 0 Å². The predicted molar refractivity (Wildman–Crippen MR) is 135 cm³/mol. The lowest BCUT2D eigenvalue weighted by molar-refractivity contribution is -0.187. The zero-order valence-corrected chi connectivity index (χ0v) is 23.0. The van der Waals surface area contributed by atoms with Crippen LogP contribution in [0.25, 0.3) is 0 Å². The Hall–Kier alpha value is -0.0100. The Labute approximate surface area is 199 Å². The van der Waals surface area contributed by atoms with Gasteiger partial charge in [-0.25, -0.2) is 4.57 Å². The number of hydrogen-bond donors (Lipinski definition) is 0. The molecule has 0 aliphatic rings. The molecule has 32 heavy (non-hydrogen) atoms. The van der Waals surface area contributed by atoms with Crippen LogP contribution in [0.15, 0.2) is 0 Å². The van der Waals surface area contributed by atoms with E-state index in [0.29, 0.717) is 0 Å². The quantitative estimate of drug-likeness (QED) is 0.104. The zero-order chi connectivity index (χ0) is 24.1. The molecule has 7 nitrogen and oxygen atoms in total. The maximum absolute atomic E-state index is 14.0. The number of unbranched alkanes of at least 4 members (excludes halogenated alkanes) is 6. The summed E-state index contributed by atoms with van der Waals surface area (Å²) in [5.74, 6) is 0. The molecule has 0 aromatic carbocycles. The van der Waals surface area contributed by atoms with Gasteiger partial charge in [-0.3, -0.25) is 0 Å². The van der Waals surface area contributed by atoms with E-state index in [-0.39, 0.29) is 0 Å². The minimum atomic E-state index is -3.85. The fraction of sp³-hybridized carbons (Fsp3) is 1.00. The molecule has 0 aromatic heterocycles. The zero-order valence-electron chi connectivity index (χ0n) is 22.1. The van der Waals surface area contributed by atoms with Crippen LogP contribution in [0.3, 0.4) is 0 Å². The Bertz CT molecular complexity index is 371. The molecule has 0 heterocycles. The summed E-state index contributed by atoms with van der Waals surface area (Å²) in [6.45, 7) is 17.3. The summed E-state index contributed by atoms with van der Waals surface area (Å²) in [6, 6.07) is 0. The maximum Gasteiger partial charge on any atom is 0.525 e. The molecule has 0 aliphatic carbocycles. The molecule has 8 heteroatoms. The molecule has 0 saturated carbocycles. The van der Waals surface area contributed by atoms with E-state index in [1.54, 1.807) is 0 Å². The van der Waals surface area contributed by atoms with Gasteiger partial charge in [-0.15, -0.1) is 0 Å². The average Bonchev–Trinajstić information content (AvgIpc) is 2.79. The van der Waals surface area contributed by atoms with Gasteiger partial charge in [0.1, 0.15) is 0 Å². The summed E-state index contributed by atoms with van der Waals surface area (Å²) < 4.78 is 32.3. The molecule has 0 atom stereocenters. The monoisotopic (exact) mass is 479 g/mol. The summed E-state index contributed by atoms with van der Waals surface area (Å²) in [6.07, 6.45) is 12.2. The second-order valence-electron chi connectivity index (χ2n) is 8.60. The topological polar surface area (TPSA) is 54.5 Å². The molecule has 0 aliphatic heterocycles. The fourth-order valence-corrected chi connectivity index (χ4v) is 4.48. The molecule has 0 amide bonds. The van der Waals surface area contributed by atoms with Crippen molar-refractivity contribution in [2.45, 2.75) is 119 Å². The van der Waals surface area contributed by atoms with E-state index in [0.717, 1.165) is 116 Å². The number of phosphoric acid groups is 1. The molecule has 0 spiro atoms. The molecule has 0 unspecified atom stereocenters. The van der Waals surface area contributed by atoms with E-state index >= 15 is 0 Å². The van der Waals surface area contributed by atoms with Crippen molar-refractivity contribution in [3.05, 3.63) is 0 Å². The SMILES string of the molecule is CCCCN(CCCC)OP(=O)(ON(CCCC)CCCC)ON(CCCC)CCCC. The van der Waals surface area contributed by atoms with Gasteiger partial charge in [-0.1, -0.05) is 80.1 Å². The van der Waals surface area contributed by atoms with E-state index in [9.17, 15) is 4.57 Å². The summed E-state index contributed by atoms with van der Waals surface area (Å²) in [4.78, 5) is 0. The van der Waals surface area contributed by atoms with Gasteiger partial charge < -0.3 is 0 Å². The first-order valence-electron chi connectivity index (χ1n) is 13.4. The molecule has 0 fully saturated rings. The Morgan fingerprint density at radius 2 is 0.625 bits per heavy atom. The first-order valence-corrected chi connectivity index (χ1v) is 14.9. The van der Waals surface area contributed by atoms with Crippen molar-refractivity contribution in [3.63, 3.8) is 0 Å². The summed E-state index contributed by atoms with van der Waals surface area (Å²) >= 11 is 0. The lowest BCUT2D eigenvalue weighted by Gasteiger charge is -2.32. The molecular formula is C24H54N3O4P. The predicted octanol–water partition coefficient (Wildman–Crippen LogP) is 7.60. The van der Waals surface area contributed by atoms with Crippen LogP contribution in [-0.2, 0) is 18.4 Å². The normalized spacial score (nSPS) is 12.5. The van der Waals surface area contributed by atoms with Crippen molar-refractivity contribution in [1.29, 1.82) is 0 Å². The average molecular weight is 480 g/mol. The molecule has 0 bridgehead atoms. The second kappa shape index (κ2) is 21.5. The Morgan fingerprint density at radius 1 is 0.438 bits per heavy atom. The molecular weight excluding hydrogens is 425 g/mol. The van der Waals surface area contributed by atoms with Crippen LogP contribution in [0.5, 0.6) is 0 Å². The van der Waals surface area contributed by atoms with Crippen molar-refractivity contribution >= 4 is 7.82 Å². The van der Waals surface area contributed by atoms with Gasteiger partial charge >= 0.3 is 7.82 Å². The highest BCUT2D eigenvalue weighted by molar-refractivity contribution is 7.48. The number of rotatable bonds is 24. The first-order chi connectivity index (χ1) is 15.5. The highest BCUT2D eigenvalue weighted by atomic mass is 31.2. The van der Waals surface area contributed by atoms with Crippen molar-refractivity contribution in [2.24, 2.45) is 0 Å². The van der Waals surface area contributed by atoms with Gasteiger partial charge in [-0.05, 0) is 38.5 Å². The van der Waals surface area contributed by atoms with Gasteiger partial charge in [0.15, 0.2) is 0 Å². The summed E-state index contributed by atoms with van der Waals surface area (Å²) in [5.41, 5.74) is 0. The molecule has 0 aromatic rings. The second-order valence-corrected chi connectivity index (χ2v) is 9.98. The van der Waals surface area contributed by atoms with Gasteiger partial charge in [0.25, 0.3) is 0 Å². The highest BCUT2D eigenvalue weighted by Crippen LogP contribution is 2.52. The third-order valence-corrected chi connectivity index (χ3v) is 6.51. The molecule has 194 valence electrons. The Kier molecular flexibility index (Phi) is 21.5. The summed E-state index contributed by atoms with van der Waals surface area (Å²) in [5, 5.41) is 5.43. The van der Waals surface area contributed by atoms with E-state index in [1.807, 2.05) is 15.2 Å². The van der Waals surface area contributed by atoms with Crippen molar-refractivity contribution in [1.82, 2.24) is 15.2 Å². The van der Waals surface area contributed by atoms with Crippen molar-refractivity contribution in [3.8, 4) is 0 Å². The minimum Gasteiger partial charge on any atom is -0.223 e. The number of nitrogens with zero attached hydrogens (tertiary/aromatic N) is 3. The van der Waals surface area contributed by atoms with Gasteiger partial charge in [0.05, 0.1) is 0 Å². The van der Waals surface area contributed by atoms with E-state index in [1.165, 1.54) is 0 Å². The van der Waals surface area contributed by atoms with Gasteiger partial charge in [-0.2, -0.15) is 29.1 Å². The van der Waals surface area contributed by atoms with Crippen LogP contribution in [0.1, 0.15) is 119 Å². The minimum absolute atomic E-state index is 0.723. The molecule has 0 radical (unpaired) electrons. The maximum atomic E-state index is 14.0. The van der Waals surface area contributed by atoms with E-state index < -0.39 is 7.82 Å². The van der Waals surface area contributed by atoms with Crippen molar-refractivity contribution < 1.29 is 18.4 Å². The third kappa shape index (κ3) is 16.6. The fourth-order valence-electron chi connectivity index (χ4n) is 3.06. The third-order valence-electron chi connectivity index (χ3n) is 5.21. The van der Waals surface area contributed by atoms with Crippen LogP contribution in [0.2, 0.25) is 0 Å². The van der Waals surface area contributed by atoms with Crippen LogP contribution >= 0.6 is 7.82 Å². The molecule has 0 saturated heterocycles. The first kappa shape index (κ1) is 32.0. The lowest BCUT2D eigenvalue weighted by Crippen LogP contribution is -2.34.